The summed E-state index contributed by atoms with van der Waals surface area (Å²) in [5.74, 6) is 0. The molecule has 1 heterocycles. The van der Waals surface area contributed by atoms with E-state index >= 15 is 0 Å². The first-order chi connectivity index (χ1) is 4.83. The van der Waals surface area contributed by atoms with Crippen molar-refractivity contribution in [1.29, 1.82) is 0 Å². The SMILES string of the molecule is COC(=O)NC1CC[N-]C1.[CH3-].[Y]. The van der Waals surface area contributed by atoms with Gasteiger partial charge in [-0.1, -0.05) is 6.42 Å². The van der Waals surface area contributed by atoms with Crippen molar-refractivity contribution in [2.24, 2.45) is 0 Å². The van der Waals surface area contributed by atoms with E-state index < -0.39 is 0 Å². The van der Waals surface area contributed by atoms with Crippen LogP contribution >= 0.6 is 0 Å². The predicted octanol–water partition coefficient (Wildman–Crippen LogP) is 0.936. The summed E-state index contributed by atoms with van der Waals surface area (Å²) in [6.07, 6.45) is 0.580. The Labute approximate surface area is 98.7 Å². The second kappa shape index (κ2) is 7.96. The fourth-order valence-corrected chi connectivity index (χ4v) is 0.929. The van der Waals surface area contributed by atoms with E-state index in [4.69, 9.17) is 0 Å². The molecule has 0 spiro atoms. The molecule has 69 valence electrons. The van der Waals surface area contributed by atoms with Crippen molar-refractivity contribution in [1.82, 2.24) is 5.32 Å². The van der Waals surface area contributed by atoms with Crippen LogP contribution in [-0.2, 0) is 37.4 Å². The van der Waals surface area contributed by atoms with Gasteiger partial charge in [-0.15, -0.1) is 13.1 Å². The van der Waals surface area contributed by atoms with Crippen LogP contribution < -0.4 is 5.32 Å². The van der Waals surface area contributed by atoms with Crippen molar-refractivity contribution in [2.75, 3.05) is 20.2 Å². The van der Waals surface area contributed by atoms with Gasteiger partial charge in [0.1, 0.15) is 0 Å². The summed E-state index contributed by atoms with van der Waals surface area (Å²) in [5.41, 5.74) is 0. The molecule has 0 saturated carbocycles. The maximum Gasteiger partial charge on any atom is 0.407 e. The van der Waals surface area contributed by atoms with Crippen molar-refractivity contribution in [3.05, 3.63) is 12.7 Å². The van der Waals surface area contributed by atoms with Gasteiger partial charge in [0.15, 0.2) is 0 Å². The van der Waals surface area contributed by atoms with E-state index in [1.54, 1.807) is 0 Å². The molecule has 0 aromatic carbocycles. The Morgan fingerprint density at radius 1 is 1.67 bits per heavy atom. The van der Waals surface area contributed by atoms with Crippen molar-refractivity contribution in [3.8, 4) is 0 Å². The van der Waals surface area contributed by atoms with Crippen LogP contribution in [0.4, 0.5) is 4.79 Å². The van der Waals surface area contributed by atoms with Gasteiger partial charge in [-0.2, -0.15) is 0 Å². The zero-order valence-corrected chi connectivity index (χ0v) is 10.4. The fraction of sp³-hybridized carbons (Fsp3) is 0.714. The smallest absolute Gasteiger partial charge is 0.407 e. The number of rotatable bonds is 1. The molecule has 0 aliphatic carbocycles. The summed E-state index contributed by atoms with van der Waals surface area (Å²) in [7, 11) is 1.36. The monoisotopic (exact) mass is 247 g/mol. The van der Waals surface area contributed by atoms with Crippen LogP contribution in [0.1, 0.15) is 6.42 Å². The molecule has 4 nitrogen and oxygen atoms in total. The number of nitrogens with zero attached hydrogens (tertiary/aromatic N) is 1. The number of nitrogens with one attached hydrogen (secondary N) is 1. The first-order valence-electron chi connectivity index (χ1n) is 3.30. The Morgan fingerprint density at radius 3 is 2.75 bits per heavy atom. The van der Waals surface area contributed by atoms with Crippen LogP contribution in [0.2, 0.25) is 0 Å². The standard InChI is InChI=1S/C6H11N2O2.CH3.Y/c1-10-6(9)8-5-2-3-7-4-5;;/h5H,2-4H2,1H3,(H,8,9);1H3;/q2*-1;. The first kappa shape index (κ1) is 14.8. The minimum absolute atomic E-state index is 0. The third-order valence-corrected chi connectivity index (χ3v) is 1.49. The number of carbonyl (C=O) groups excluding carboxylic acids is 1. The van der Waals surface area contributed by atoms with Gasteiger partial charge in [-0.3, -0.25) is 0 Å². The van der Waals surface area contributed by atoms with E-state index in [-0.39, 0.29) is 52.3 Å². The molecule has 0 aromatic heterocycles. The van der Waals surface area contributed by atoms with E-state index in [1.807, 2.05) is 0 Å². The van der Waals surface area contributed by atoms with Gasteiger partial charge in [0.2, 0.25) is 0 Å². The van der Waals surface area contributed by atoms with Gasteiger partial charge in [-0.25, -0.2) is 4.79 Å². The molecule has 0 bridgehead atoms. The summed E-state index contributed by atoms with van der Waals surface area (Å²) in [4.78, 5) is 10.6. The Kier molecular flexibility index (Phi) is 9.84. The second-order valence-electron chi connectivity index (χ2n) is 2.25. The first-order valence-corrected chi connectivity index (χ1v) is 3.30. The molecule has 1 atom stereocenters. The van der Waals surface area contributed by atoms with Gasteiger partial charge in [-0.05, 0) is 0 Å². The molecule has 1 radical (unpaired) electrons. The summed E-state index contributed by atoms with van der Waals surface area (Å²) in [6.45, 7) is 1.59. The molecule has 1 amide bonds. The average molecular weight is 247 g/mol. The second-order valence-corrected chi connectivity index (χ2v) is 2.25. The summed E-state index contributed by atoms with van der Waals surface area (Å²) < 4.78 is 4.42. The van der Waals surface area contributed by atoms with Crippen molar-refractivity contribution in [2.45, 2.75) is 12.5 Å². The van der Waals surface area contributed by atoms with Crippen molar-refractivity contribution in [3.63, 3.8) is 0 Å². The molecular weight excluding hydrogens is 233 g/mol. The predicted molar refractivity (Wildman–Crippen MR) is 43.5 cm³/mol. The Morgan fingerprint density at radius 2 is 2.33 bits per heavy atom. The average Bonchev–Trinajstić information content (AvgIpc) is 2.40. The molecule has 1 aliphatic rings. The molecule has 1 saturated heterocycles. The number of ether oxygens (including phenoxy) is 1. The number of amides is 1. The fourth-order valence-electron chi connectivity index (χ4n) is 0.929. The number of hydrogen-bond donors (Lipinski definition) is 1. The van der Waals surface area contributed by atoms with Gasteiger partial charge >= 0.3 is 6.09 Å². The normalized spacial score (nSPS) is 20.2. The molecule has 1 aliphatic heterocycles. The Hall–Kier alpha value is 0.334. The zero-order valence-electron chi connectivity index (χ0n) is 7.54. The molecule has 5 heteroatoms. The van der Waals surface area contributed by atoms with E-state index in [9.17, 15) is 4.79 Å². The van der Waals surface area contributed by atoms with Crippen molar-refractivity contribution < 1.29 is 42.2 Å². The van der Waals surface area contributed by atoms with Crippen LogP contribution in [0, 0.1) is 7.43 Å². The Balaban J connectivity index is 0. The van der Waals surface area contributed by atoms with Gasteiger partial charge in [0.25, 0.3) is 0 Å². The van der Waals surface area contributed by atoms with E-state index in [2.05, 4.69) is 15.4 Å². The van der Waals surface area contributed by atoms with E-state index in [0.29, 0.717) is 0 Å². The topological polar surface area (TPSA) is 52.4 Å². The summed E-state index contributed by atoms with van der Waals surface area (Å²) in [6, 6.07) is 0.201. The van der Waals surface area contributed by atoms with Crippen molar-refractivity contribution >= 4 is 6.09 Å². The largest absolute Gasteiger partial charge is 0.661 e. The molecule has 0 aromatic rings. The van der Waals surface area contributed by atoms with E-state index in [1.165, 1.54) is 7.11 Å². The summed E-state index contributed by atoms with van der Waals surface area (Å²) >= 11 is 0. The van der Waals surface area contributed by atoms with Gasteiger partial charge in [0.05, 0.1) is 7.11 Å². The number of hydrogen-bond acceptors (Lipinski definition) is 2. The third-order valence-electron chi connectivity index (χ3n) is 1.49. The maximum absolute atomic E-state index is 10.6. The van der Waals surface area contributed by atoms with Gasteiger partial charge < -0.3 is 22.8 Å². The van der Waals surface area contributed by atoms with E-state index in [0.717, 1.165) is 19.5 Å². The zero-order chi connectivity index (χ0) is 7.40. The van der Waals surface area contributed by atoms with Crippen LogP contribution in [-0.4, -0.2) is 32.3 Å². The minimum atomic E-state index is -0.359. The molecule has 1 N–H and O–H groups in total. The maximum atomic E-state index is 10.6. The number of alkyl carbamates (subject to hydrolysis) is 1. The quantitative estimate of drug-likeness (QED) is 0.701. The number of carbonyl (C=O) groups is 1. The number of methoxy groups -OCH3 is 1. The molecule has 12 heavy (non-hydrogen) atoms. The summed E-state index contributed by atoms with van der Waals surface area (Å²) in [5, 5.41) is 6.76. The third kappa shape index (κ3) is 5.06. The molecular formula is C7H14N2O2Y-2. The van der Waals surface area contributed by atoms with Crippen LogP contribution in [0.25, 0.3) is 5.32 Å². The minimum Gasteiger partial charge on any atom is -0.661 e. The molecule has 1 fully saturated rings. The van der Waals surface area contributed by atoms with Crippen LogP contribution in [0.3, 0.4) is 0 Å². The van der Waals surface area contributed by atoms with Gasteiger partial charge in [0, 0.05) is 38.8 Å². The molecule has 1 rings (SSSR count). The molecule has 1 unspecified atom stereocenters. The van der Waals surface area contributed by atoms with Crippen LogP contribution in [0.5, 0.6) is 0 Å². The Bertz CT molecular complexity index is 127. The van der Waals surface area contributed by atoms with Crippen LogP contribution in [0.15, 0.2) is 0 Å².